The summed E-state index contributed by atoms with van der Waals surface area (Å²) in [6.45, 7) is 1.35. The maximum Gasteiger partial charge on any atom is 0.339 e. The van der Waals surface area contributed by atoms with Gasteiger partial charge in [-0.25, -0.2) is 9.78 Å². The number of carboxylic acid groups (broad SMARTS) is 1. The SMILES string of the molecule is O=C(O)c1cnc(Cl)cc1NC1CCCOC1. The number of pyridine rings is 1. The molecule has 2 rings (SSSR count). The minimum atomic E-state index is -1.02. The largest absolute Gasteiger partial charge is 0.478 e. The van der Waals surface area contributed by atoms with Crippen molar-refractivity contribution >= 4 is 23.3 Å². The Morgan fingerprint density at radius 2 is 2.47 bits per heavy atom. The van der Waals surface area contributed by atoms with Gasteiger partial charge in [0.2, 0.25) is 0 Å². The molecule has 17 heavy (non-hydrogen) atoms. The molecule has 6 heteroatoms. The molecular formula is C11H13ClN2O3. The molecule has 2 heterocycles. The number of nitrogens with one attached hydrogen (secondary N) is 1. The van der Waals surface area contributed by atoms with Crippen molar-refractivity contribution < 1.29 is 14.6 Å². The molecule has 1 fully saturated rings. The van der Waals surface area contributed by atoms with Crippen LogP contribution in [0.15, 0.2) is 12.3 Å². The average Bonchev–Trinajstić information content (AvgIpc) is 2.30. The molecule has 0 aliphatic carbocycles. The van der Waals surface area contributed by atoms with Crippen molar-refractivity contribution in [2.45, 2.75) is 18.9 Å². The average molecular weight is 257 g/mol. The third-order valence-corrected chi connectivity index (χ3v) is 2.83. The molecule has 0 saturated carbocycles. The Morgan fingerprint density at radius 3 is 3.12 bits per heavy atom. The second-order valence-corrected chi connectivity index (χ2v) is 4.30. The number of carboxylic acids is 1. The van der Waals surface area contributed by atoms with Gasteiger partial charge in [0.15, 0.2) is 0 Å². The number of halogens is 1. The number of rotatable bonds is 3. The Labute approximate surface area is 104 Å². The predicted octanol–water partition coefficient (Wildman–Crippen LogP) is 2.02. The first-order chi connectivity index (χ1) is 8.16. The minimum absolute atomic E-state index is 0.125. The molecule has 0 amide bonds. The summed E-state index contributed by atoms with van der Waals surface area (Å²) in [4.78, 5) is 14.8. The Kier molecular flexibility index (Phi) is 3.81. The first-order valence-corrected chi connectivity index (χ1v) is 5.78. The van der Waals surface area contributed by atoms with E-state index in [-0.39, 0.29) is 16.8 Å². The Bertz CT molecular complexity index is 419. The van der Waals surface area contributed by atoms with Gasteiger partial charge in [-0.1, -0.05) is 11.6 Å². The van der Waals surface area contributed by atoms with Crippen LogP contribution in [0, 0.1) is 0 Å². The zero-order valence-electron chi connectivity index (χ0n) is 9.15. The molecule has 2 N–H and O–H groups in total. The van der Waals surface area contributed by atoms with Crippen LogP contribution in [0.2, 0.25) is 5.15 Å². The molecule has 1 aliphatic rings. The number of carbonyl (C=O) groups is 1. The first kappa shape index (κ1) is 12.1. The molecule has 0 spiro atoms. The van der Waals surface area contributed by atoms with Crippen LogP contribution >= 0.6 is 11.6 Å². The summed E-state index contributed by atoms with van der Waals surface area (Å²) in [5, 5.41) is 12.4. The van der Waals surface area contributed by atoms with Crippen LogP contribution in [-0.4, -0.2) is 35.3 Å². The van der Waals surface area contributed by atoms with Crippen LogP contribution in [0.3, 0.4) is 0 Å². The van der Waals surface area contributed by atoms with Crippen LogP contribution in [0.5, 0.6) is 0 Å². The van der Waals surface area contributed by atoms with Gasteiger partial charge in [-0.15, -0.1) is 0 Å². The van der Waals surface area contributed by atoms with Gasteiger partial charge in [-0.05, 0) is 18.9 Å². The Balaban J connectivity index is 2.17. The lowest BCUT2D eigenvalue weighted by molar-refractivity contribution is 0.0696. The number of ether oxygens (including phenoxy) is 1. The van der Waals surface area contributed by atoms with E-state index in [1.165, 1.54) is 12.3 Å². The molecule has 0 bridgehead atoms. The first-order valence-electron chi connectivity index (χ1n) is 5.40. The van der Waals surface area contributed by atoms with Gasteiger partial charge in [-0.3, -0.25) is 0 Å². The van der Waals surface area contributed by atoms with E-state index in [1.807, 2.05) is 0 Å². The van der Waals surface area contributed by atoms with E-state index in [0.717, 1.165) is 19.4 Å². The van der Waals surface area contributed by atoms with Gasteiger partial charge >= 0.3 is 5.97 Å². The summed E-state index contributed by atoms with van der Waals surface area (Å²) in [7, 11) is 0. The van der Waals surface area contributed by atoms with Crippen LogP contribution < -0.4 is 5.32 Å². The number of aromatic carboxylic acids is 1. The predicted molar refractivity (Wildman–Crippen MR) is 63.7 cm³/mol. The number of hydrogen-bond donors (Lipinski definition) is 2. The maximum absolute atomic E-state index is 11.0. The number of hydrogen-bond acceptors (Lipinski definition) is 4. The van der Waals surface area contributed by atoms with Crippen molar-refractivity contribution in [2.24, 2.45) is 0 Å². The van der Waals surface area contributed by atoms with Gasteiger partial charge in [0.1, 0.15) is 10.7 Å². The van der Waals surface area contributed by atoms with Crippen LogP contribution in [0.1, 0.15) is 23.2 Å². The zero-order chi connectivity index (χ0) is 12.3. The standard InChI is InChI=1S/C11H13ClN2O3/c12-10-4-9(8(5-13-10)11(15)16)14-7-2-1-3-17-6-7/h4-5,7H,1-3,6H2,(H,13,14)(H,15,16). The van der Waals surface area contributed by atoms with Crippen molar-refractivity contribution in [1.82, 2.24) is 4.98 Å². The normalized spacial score (nSPS) is 19.9. The van der Waals surface area contributed by atoms with Crippen molar-refractivity contribution in [1.29, 1.82) is 0 Å². The third kappa shape index (κ3) is 3.08. The number of nitrogens with zero attached hydrogens (tertiary/aromatic N) is 1. The highest BCUT2D eigenvalue weighted by Crippen LogP contribution is 2.21. The van der Waals surface area contributed by atoms with Crippen molar-refractivity contribution in [2.75, 3.05) is 18.5 Å². The van der Waals surface area contributed by atoms with Crippen molar-refractivity contribution in [3.63, 3.8) is 0 Å². The fraction of sp³-hybridized carbons (Fsp3) is 0.455. The highest BCUT2D eigenvalue weighted by Gasteiger charge is 2.17. The fourth-order valence-electron chi connectivity index (χ4n) is 1.79. The van der Waals surface area contributed by atoms with Gasteiger partial charge < -0.3 is 15.2 Å². The van der Waals surface area contributed by atoms with Crippen LogP contribution in [0.25, 0.3) is 0 Å². The summed E-state index contributed by atoms with van der Waals surface area (Å²) in [6.07, 6.45) is 3.19. The Morgan fingerprint density at radius 1 is 1.65 bits per heavy atom. The van der Waals surface area contributed by atoms with Gasteiger partial charge in [0.05, 0.1) is 12.3 Å². The number of anilines is 1. The Hall–Kier alpha value is -1.33. The topological polar surface area (TPSA) is 71.5 Å². The molecule has 1 aromatic rings. The van der Waals surface area contributed by atoms with E-state index in [0.29, 0.717) is 12.3 Å². The third-order valence-electron chi connectivity index (χ3n) is 2.62. The summed E-state index contributed by atoms with van der Waals surface area (Å²) < 4.78 is 5.33. The lowest BCUT2D eigenvalue weighted by atomic mass is 10.1. The zero-order valence-corrected chi connectivity index (χ0v) is 9.91. The van der Waals surface area contributed by atoms with Crippen molar-refractivity contribution in [3.8, 4) is 0 Å². The fourth-order valence-corrected chi connectivity index (χ4v) is 1.95. The molecule has 1 saturated heterocycles. The van der Waals surface area contributed by atoms with E-state index < -0.39 is 5.97 Å². The summed E-state index contributed by atoms with van der Waals surface area (Å²) in [6, 6.07) is 1.65. The molecule has 1 aromatic heterocycles. The quantitative estimate of drug-likeness (QED) is 0.810. The molecule has 1 aliphatic heterocycles. The van der Waals surface area contributed by atoms with E-state index in [1.54, 1.807) is 0 Å². The van der Waals surface area contributed by atoms with Crippen LogP contribution in [0.4, 0.5) is 5.69 Å². The van der Waals surface area contributed by atoms with Crippen molar-refractivity contribution in [3.05, 3.63) is 23.0 Å². The van der Waals surface area contributed by atoms with E-state index in [2.05, 4.69) is 10.3 Å². The minimum Gasteiger partial charge on any atom is -0.478 e. The molecule has 0 aromatic carbocycles. The second kappa shape index (κ2) is 5.33. The smallest absolute Gasteiger partial charge is 0.339 e. The summed E-state index contributed by atoms with van der Waals surface area (Å²) in [5.74, 6) is -1.02. The maximum atomic E-state index is 11.0. The van der Waals surface area contributed by atoms with Gasteiger partial charge in [0.25, 0.3) is 0 Å². The highest BCUT2D eigenvalue weighted by molar-refractivity contribution is 6.29. The second-order valence-electron chi connectivity index (χ2n) is 3.92. The van der Waals surface area contributed by atoms with Crippen LogP contribution in [-0.2, 0) is 4.74 Å². The molecule has 1 atom stereocenters. The van der Waals surface area contributed by atoms with Gasteiger partial charge in [0, 0.05) is 18.8 Å². The highest BCUT2D eigenvalue weighted by atomic mass is 35.5. The molecular weight excluding hydrogens is 244 g/mol. The van der Waals surface area contributed by atoms with E-state index in [4.69, 9.17) is 21.4 Å². The van der Waals surface area contributed by atoms with E-state index >= 15 is 0 Å². The molecule has 92 valence electrons. The summed E-state index contributed by atoms with van der Waals surface area (Å²) >= 11 is 5.76. The lowest BCUT2D eigenvalue weighted by Gasteiger charge is -2.24. The molecule has 5 nitrogen and oxygen atoms in total. The molecule has 1 unspecified atom stereocenters. The van der Waals surface area contributed by atoms with Gasteiger partial charge in [-0.2, -0.15) is 0 Å². The molecule has 0 radical (unpaired) electrons. The van der Waals surface area contributed by atoms with E-state index in [9.17, 15) is 4.79 Å². The summed E-state index contributed by atoms with van der Waals surface area (Å²) in [5.41, 5.74) is 0.618. The monoisotopic (exact) mass is 256 g/mol. The lowest BCUT2D eigenvalue weighted by Crippen LogP contribution is -2.30. The number of aromatic nitrogens is 1.